The molecule has 6 fully saturated rings. The van der Waals surface area contributed by atoms with E-state index in [-0.39, 0.29) is 53.6 Å². The maximum absolute atomic E-state index is 14.4. The zero-order valence-corrected chi connectivity index (χ0v) is 40.2. The predicted molar refractivity (Wildman–Crippen MR) is 247 cm³/mol. The number of amides is 2. The molecule has 8 aliphatic rings. The largest absolute Gasteiger partial charge is 0.388 e. The first-order chi connectivity index (χ1) is 31.3. The molecule has 20 nitrogen and oxygen atoms in total. The smallest absolute Gasteiger partial charge is 0.228 e. The molecule has 2 aromatic heterocycles. The molecule has 0 bridgehead atoms. The highest BCUT2D eigenvalue weighted by atomic mass is 32.2. The normalized spacial score (nSPS) is 33.7. The van der Waals surface area contributed by atoms with Gasteiger partial charge in [0.1, 0.15) is 22.1 Å². The van der Waals surface area contributed by atoms with E-state index in [1.54, 1.807) is 44.7 Å². The van der Waals surface area contributed by atoms with Gasteiger partial charge in [0.15, 0.2) is 0 Å². The molecule has 3 unspecified atom stereocenters. The summed E-state index contributed by atoms with van der Waals surface area (Å²) >= 11 is 0. The number of aliphatic hydroxyl groups is 2. The summed E-state index contributed by atoms with van der Waals surface area (Å²) in [5.41, 5.74) is -0.626. The number of carbonyl (C=O) groups is 2. The first kappa shape index (κ1) is 46.1. The molecule has 2 saturated carbocycles. The number of piperidine rings is 2. The van der Waals surface area contributed by atoms with Crippen LogP contribution in [0.5, 0.6) is 0 Å². The van der Waals surface area contributed by atoms with Crippen molar-refractivity contribution in [1.82, 2.24) is 38.3 Å². The Labute approximate surface area is 388 Å². The molecule has 2 amide bonds. The van der Waals surface area contributed by atoms with Crippen molar-refractivity contribution in [3.8, 4) is 0 Å². The van der Waals surface area contributed by atoms with Gasteiger partial charge in [-0.25, -0.2) is 35.4 Å². The number of likely N-dealkylation sites (tertiary alicyclic amines) is 2. The summed E-state index contributed by atoms with van der Waals surface area (Å²) in [4.78, 5) is 53.3. The van der Waals surface area contributed by atoms with Gasteiger partial charge >= 0.3 is 0 Å². The van der Waals surface area contributed by atoms with Crippen LogP contribution in [0.15, 0.2) is 12.4 Å². The Balaban J connectivity index is 0.775. The highest BCUT2D eigenvalue weighted by Crippen LogP contribution is 2.47. The molecule has 66 heavy (non-hydrogen) atoms. The Morgan fingerprint density at radius 1 is 0.682 bits per heavy atom. The second kappa shape index (κ2) is 17.1. The number of rotatable bonds is 11. The maximum atomic E-state index is 14.4. The molecule has 2 aliphatic carbocycles. The van der Waals surface area contributed by atoms with E-state index in [2.05, 4.69) is 25.5 Å². The van der Waals surface area contributed by atoms with Crippen LogP contribution >= 0.6 is 0 Å². The van der Waals surface area contributed by atoms with E-state index in [1.807, 2.05) is 19.0 Å². The van der Waals surface area contributed by atoms with E-state index in [0.29, 0.717) is 140 Å². The molecule has 4 saturated heterocycles. The molecule has 0 radical (unpaired) electrons. The van der Waals surface area contributed by atoms with Crippen molar-refractivity contribution in [3.05, 3.63) is 23.5 Å². The van der Waals surface area contributed by atoms with Gasteiger partial charge in [-0.05, 0) is 104 Å². The second-order valence-electron chi connectivity index (χ2n) is 21.0. The van der Waals surface area contributed by atoms with Crippen LogP contribution in [0.2, 0.25) is 0 Å². The molecular weight excluding hydrogens is 889 g/mol. The van der Waals surface area contributed by atoms with Gasteiger partial charge in [0.2, 0.25) is 43.8 Å². The van der Waals surface area contributed by atoms with E-state index < -0.39 is 42.5 Å². The Kier molecular flexibility index (Phi) is 11.9. The Bertz CT molecular complexity index is 2440. The molecule has 22 heteroatoms. The summed E-state index contributed by atoms with van der Waals surface area (Å²) < 4.78 is 58.3. The van der Waals surface area contributed by atoms with Gasteiger partial charge in [-0.1, -0.05) is 0 Å². The molecule has 7 atom stereocenters. The summed E-state index contributed by atoms with van der Waals surface area (Å²) in [5.74, 6) is 1.34. The molecule has 0 spiro atoms. The minimum absolute atomic E-state index is 0.0461. The summed E-state index contributed by atoms with van der Waals surface area (Å²) in [5, 5.41) is 29.0. The molecule has 0 aromatic carbocycles. The molecule has 4 N–H and O–H groups in total. The molecule has 2 aromatic rings. The molecule has 10 rings (SSSR count). The Morgan fingerprint density at radius 2 is 1.20 bits per heavy atom. The monoisotopic (exact) mass is 954 g/mol. The quantitative estimate of drug-likeness (QED) is 0.243. The van der Waals surface area contributed by atoms with E-state index in [0.717, 1.165) is 17.5 Å². The van der Waals surface area contributed by atoms with Gasteiger partial charge in [0.25, 0.3) is 0 Å². The fraction of sp³-hybridized carbons (Fsp3) is 0.773. The fourth-order valence-electron chi connectivity index (χ4n) is 12.5. The lowest BCUT2D eigenvalue weighted by Crippen LogP contribution is -2.66. The van der Waals surface area contributed by atoms with Crippen LogP contribution in [0.4, 0.5) is 23.5 Å². The van der Waals surface area contributed by atoms with E-state index in [9.17, 15) is 36.6 Å². The Morgan fingerprint density at radius 3 is 1.68 bits per heavy atom. The molecule has 8 heterocycles. The van der Waals surface area contributed by atoms with Gasteiger partial charge in [-0.3, -0.25) is 19.4 Å². The lowest BCUT2D eigenvalue weighted by Gasteiger charge is -2.50. The average Bonchev–Trinajstić information content (AvgIpc) is 3.76. The first-order valence-electron chi connectivity index (χ1n) is 24.0. The third-order valence-corrected chi connectivity index (χ3v) is 20.8. The maximum Gasteiger partial charge on any atom is 0.228 e. The predicted octanol–water partition coefficient (Wildman–Crippen LogP) is 0.767. The van der Waals surface area contributed by atoms with Crippen LogP contribution in [0, 0.1) is 5.92 Å². The van der Waals surface area contributed by atoms with Gasteiger partial charge in [0, 0.05) is 100 Å². The lowest BCUT2D eigenvalue weighted by molar-refractivity contribution is -0.121. The van der Waals surface area contributed by atoms with Crippen molar-refractivity contribution >= 4 is 55.4 Å². The van der Waals surface area contributed by atoms with Gasteiger partial charge < -0.3 is 30.6 Å². The first-order valence-corrected chi connectivity index (χ1v) is 27.0. The number of aromatic nitrogens is 4. The number of anilines is 4. The van der Waals surface area contributed by atoms with Crippen molar-refractivity contribution in [3.63, 3.8) is 0 Å². The van der Waals surface area contributed by atoms with Crippen LogP contribution in [0.3, 0.4) is 0 Å². The lowest BCUT2D eigenvalue weighted by atomic mass is 9.87. The zero-order valence-electron chi connectivity index (χ0n) is 38.5. The second-order valence-corrected chi connectivity index (χ2v) is 25.4. The van der Waals surface area contributed by atoms with Crippen molar-refractivity contribution in [2.45, 2.75) is 149 Å². The SMILES string of the molecule is CN1CC(S(=O)(=O)N2CCC(Nc3ncc4c(n3)N([C@@H]3CC(C5C(S(=O)(=O)N6CCC(Nc7ncc8c(n7)N([C@@H]7CCC[C@@]7(C)O)C(=O)CC8)CC6)CN5C)C[C@@]3(C)O)C(=O)CC4)CC2)C1. The van der Waals surface area contributed by atoms with Crippen molar-refractivity contribution in [2.75, 3.05) is 80.3 Å². The van der Waals surface area contributed by atoms with E-state index in [4.69, 9.17) is 9.97 Å². The van der Waals surface area contributed by atoms with Gasteiger partial charge in [-0.15, -0.1) is 0 Å². The van der Waals surface area contributed by atoms with Crippen LogP contribution in [0.25, 0.3) is 0 Å². The minimum atomic E-state index is -3.73. The van der Waals surface area contributed by atoms with Gasteiger partial charge in [0.05, 0.1) is 23.3 Å². The number of nitrogens with one attached hydrogen (secondary N) is 2. The summed E-state index contributed by atoms with van der Waals surface area (Å²) in [7, 11) is -3.23. The van der Waals surface area contributed by atoms with Crippen LogP contribution in [-0.2, 0) is 42.5 Å². The summed E-state index contributed by atoms with van der Waals surface area (Å²) in [6, 6.07) is -1.45. The summed E-state index contributed by atoms with van der Waals surface area (Å²) in [6.07, 6.45) is 10.3. The number of fused-ring (bicyclic) bond motifs is 2. The van der Waals surface area contributed by atoms with E-state index in [1.165, 1.54) is 0 Å². The minimum Gasteiger partial charge on any atom is -0.388 e. The van der Waals surface area contributed by atoms with Crippen molar-refractivity contribution in [1.29, 1.82) is 0 Å². The highest BCUT2D eigenvalue weighted by Gasteiger charge is 2.58. The number of hydrogen-bond donors (Lipinski definition) is 4. The van der Waals surface area contributed by atoms with Crippen LogP contribution in [-0.4, -0.2) is 189 Å². The van der Waals surface area contributed by atoms with Gasteiger partial charge in [-0.2, -0.15) is 9.97 Å². The summed E-state index contributed by atoms with van der Waals surface area (Å²) in [6.45, 7) is 6.47. The average molecular weight is 955 g/mol. The number of nitrogens with zero attached hydrogens (tertiary/aromatic N) is 10. The fourth-order valence-corrected chi connectivity index (χ4v) is 16.8. The molecule has 362 valence electrons. The standard InChI is InChI=1S/C44H66N12O8S2/c1-43(59)15-5-6-34(43)55-36(57)9-7-27-22-45-41(49-39(27)55)48-31-13-18-54(19-14-31)66(63,64)33-26-52(4)38(33)29-20-35(44(2,60)21-29)56-37(58)10-8-28-23-46-42(50-40(28)56)47-30-11-16-53(17-12-30)65(61,62)32-24-51(3)25-32/h22-23,29-35,38,59-60H,5-21,24-26H2,1-4H3,(H,45,48,49)(H,46,47,50)/t29?,33?,34-,35-,38?,43-,44-/m1/s1. The molecule has 6 aliphatic heterocycles. The highest BCUT2D eigenvalue weighted by molar-refractivity contribution is 7.90. The van der Waals surface area contributed by atoms with Crippen LogP contribution < -0.4 is 20.4 Å². The van der Waals surface area contributed by atoms with Crippen molar-refractivity contribution in [2.24, 2.45) is 5.92 Å². The van der Waals surface area contributed by atoms with Crippen molar-refractivity contribution < 1.29 is 36.6 Å². The number of sulfonamides is 2. The van der Waals surface area contributed by atoms with Crippen LogP contribution in [0.1, 0.15) is 95.6 Å². The Hall–Kier alpha value is -3.64. The molecular formula is C44H66N12O8S2. The zero-order chi connectivity index (χ0) is 46.5. The van der Waals surface area contributed by atoms with E-state index >= 15 is 0 Å². The topological polar surface area (TPSA) is 238 Å². The number of aryl methyl sites for hydroxylation is 2. The third-order valence-electron chi connectivity index (χ3n) is 16.3. The number of hydrogen-bond acceptors (Lipinski definition) is 16. The number of carbonyl (C=O) groups excluding carboxylic acids is 2. The third kappa shape index (κ3) is 8.27.